The first-order valence-electron chi connectivity index (χ1n) is 17.9. The van der Waals surface area contributed by atoms with Gasteiger partial charge in [-0.15, -0.1) is 0 Å². The Balaban J connectivity index is 1.74. The van der Waals surface area contributed by atoms with Gasteiger partial charge in [0.15, 0.2) is 6.10 Å². The topological polar surface area (TPSA) is 153 Å². The Bertz CT molecular complexity index is 1140. The van der Waals surface area contributed by atoms with Crippen LogP contribution < -0.4 is 0 Å². The van der Waals surface area contributed by atoms with Gasteiger partial charge in [0.05, 0.1) is 36.4 Å². The molecule has 0 aromatic heterocycles. The molecule has 3 aliphatic rings. The van der Waals surface area contributed by atoms with Crippen molar-refractivity contribution in [2.45, 2.75) is 141 Å². The van der Waals surface area contributed by atoms with Gasteiger partial charge in [-0.3, -0.25) is 4.79 Å². The number of carbonyl (C=O) groups is 2. The summed E-state index contributed by atoms with van der Waals surface area (Å²) < 4.78 is 17.6. The number of amides is 1. The first-order chi connectivity index (χ1) is 22.6. The molecule has 4 N–H and O–H groups in total. The van der Waals surface area contributed by atoms with E-state index in [4.69, 9.17) is 14.2 Å². The third-order valence-electron chi connectivity index (χ3n) is 9.98. The summed E-state index contributed by atoms with van der Waals surface area (Å²) in [7, 11) is 0. The summed E-state index contributed by atoms with van der Waals surface area (Å²) in [6.07, 6.45) is 7.67. The maximum absolute atomic E-state index is 13.3. The molecule has 10 atom stereocenters. The minimum Gasteiger partial charge on any atom is -0.457 e. The fourth-order valence-electron chi connectivity index (χ4n) is 6.68. The number of ether oxygens (including phenoxy) is 3. The molecule has 11 nitrogen and oxygen atoms in total. The van der Waals surface area contributed by atoms with Crippen LogP contribution in [0.1, 0.15) is 93.4 Å². The molecular weight excluding hydrogens is 616 g/mol. The quantitative estimate of drug-likeness (QED) is 0.109. The zero-order chi connectivity index (χ0) is 35.6. The van der Waals surface area contributed by atoms with Crippen LogP contribution >= 0.6 is 0 Å². The van der Waals surface area contributed by atoms with Gasteiger partial charge in [0.1, 0.15) is 11.7 Å². The van der Waals surface area contributed by atoms with Gasteiger partial charge >= 0.3 is 12.1 Å². The van der Waals surface area contributed by atoms with E-state index in [1.807, 2.05) is 27.7 Å². The summed E-state index contributed by atoms with van der Waals surface area (Å²) in [6, 6.07) is 0. The van der Waals surface area contributed by atoms with Gasteiger partial charge in [0, 0.05) is 37.9 Å². The molecule has 0 aliphatic carbocycles. The smallest absolute Gasteiger partial charge is 0.410 e. The minimum absolute atomic E-state index is 0.0107. The molecule has 11 heteroatoms. The number of rotatable bonds is 11. The molecule has 10 unspecified atom stereocenters. The van der Waals surface area contributed by atoms with Crippen molar-refractivity contribution in [1.82, 2.24) is 9.80 Å². The lowest BCUT2D eigenvalue weighted by Gasteiger charge is -2.34. The largest absolute Gasteiger partial charge is 0.457 e. The van der Waals surface area contributed by atoms with E-state index >= 15 is 0 Å². The van der Waals surface area contributed by atoms with E-state index in [0.29, 0.717) is 31.5 Å². The number of allylic oxidation sites excluding steroid dienone is 2. The van der Waals surface area contributed by atoms with E-state index in [9.17, 15) is 30.0 Å². The number of aliphatic hydroxyl groups excluding tert-OH is 2. The van der Waals surface area contributed by atoms with Crippen molar-refractivity contribution in [3.05, 3.63) is 36.0 Å². The highest BCUT2D eigenvalue weighted by molar-refractivity contribution is 5.70. The Morgan fingerprint density at radius 1 is 1.23 bits per heavy atom. The van der Waals surface area contributed by atoms with Crippen molar-refractivity contribution in [1.29, 1.82) is 0 Å². The van der Waals surface area contributed by atoms with Crippen LogP contribution in [0.4, 0.5) is 4.79 Å². The Hall–Kier alpha value is -2.28. The van der Waals surface area contributed by atoms with Crippen LogP contribution in [0, 0.1) is 11.8 Å². The highest BCUT2D eigenvalue weighted by Crippen LogP contribution is 2.37. The van der Waals surface area contributed by atoms with Crippen molar-refractivity contribution in [3.63, 3.8) is 0 Å². The molecule has 0 spiro atoms. The Morgan fingerprint density at radius 2 is 1.96 bits per heavy atom. The number of aliphatic hydroxyl groups is 4. The molecule has 1 amide bonds. The first-order valence-corrected chi connectivity index (χ1v) is 17.9. The molecule has 0 radical (unpaired) electrons. The number of carbonyl (C=O) groups excluding carboxylic acids is 2. The molecule has 2 fully saturated rings. The predicted molar refractivity (Wildman–Crippen MR) is 184 cm³/mol. The van der Waals surface area contributed by atoms with E-state index in [-0.39, 0.29) is 43.3 Å². The predicted octanol–water partition coefficient (Wildman–Crippen LogP) is 4.13. The zero-order valence-corrected chi connectivity index (χ0v) is 30.2. The number of hydrogen-bond donors (Lipinski definition) is 4. The SMILES string of the molecule is CCCN1CCCN(C(=O)OC2C=CC(C)C(C(C)=CC=CC(C)(O)CC3OC3C(C)C(O)CC)OC(=O)CC(O)CCC2(C)O)CC1. The molecule has 0 aromatic rings. The minimum atomic E-state index is -1.48. The molecule has 3 rings (SSSR count). The van der Waals surface area contributed by atoms with E-state index in [1.54, 1.807) is 49.1 Å². The van der Waals surface area contributed by atoms with Gasteiger partial charge in [-0.2, -0.15) is 0 Å². The molecule has 0 aromatic carbocycles. The Labute approximate surface area is 287 Å². The van der Waals surface area contributed by atoms with Gasteiger partial charge < -0.3 is 44.4 Å². The molecule has 0 bridgehead atoms. The summed E-state index contributed by atoms with van der Waals surface area (Å²) in [5.74, 6) is -0.942. The van der Waals surface area contributed by atoms with Crippen LogP contribution in [0.3, 0.4) is 0 Å². The average molecular weight is 679 g/mol. The summed E-state index contributed by atoms with van der Waals surface area (Å²) in [6.45, 7) is 16.8. The Morgan fingerprint density at radius 3 is 2.65 bits per heavy atom. The molecule has 0 saturated carbocycles. The number of epoxide rings is 1. The van der Waals surface area contributed by atoms with Crippen molar-refractivity contribution in [2.75, 3.05) is 32.7 Å². The third-order valence-corrected chi connectivity index (χ3v) is 9.98. The van der Waals surface area contributed by atoms with Gasteiger partial charge in [-0.05, 0) is 77.6 Å². The first kappa shape index (κ1) is 40.2. The molecule has 3 aliphatic heterocycles. The van der Waals surface area contributed by atoms with Crippen LogP contribution in [-0.2, 0) is 19.0 Å². The zero-order valence-electron chi connectivity index (χ0n) is 30.2. The maximum atomic E-state index is 13.3. The van der Waals surface area contributed by atoms with Crippen molar-refractivity contribution < 1.29 is 44.2 Å². The second-order valence-electron chi connectivity index (χ2n) is 14.7. The highest BCUT2D eigenvalue weighted by atomic mass is 16.6. The number of esters is 1. The summed E-state index contributed by atoms with van der Waals surface area (Å²) in [5.41, 5.74) is -1.93. The van der Waals surface area contributed by atoms with Crippen molar-refractivity contribution in [3.8, 4) is 0 Å². The molecule has 2 saturated heterocycles. The van der Waals surface area contributed by atoms with E-state index in [0.717, 1.165) is 32.5 Å². The second kappa shape index (κ2) is 18.1. The lowest BCUT2D eigenvalue weighted by atomic mass is 9.88. The molecule has 274 valence electrons. The van der Waals surface area contributed by atoms with Crippen LogP contribution in [0.2, 0.25) is 0 Å². The molecule has 3 heterocycles. The lowest BCUT2D eigenvalue weighted by Crippen LogP contribution is -2.45. The highest BCUT2D eigenvalue weighted by Gasteiger charge is 2.47. The summed E-state index contributed by atoms with van der Waals surface area (Å²) in [4.78, 5) is 30.2. The molecular formula is C37H62N2O9. The van der Waals surface area contributed by atoms with Crippen LogP contribution in [-0.4, -0.2) is 123 Å². The average Bonchev–Trinajstić information content (AvgIpc) is 3.82. The van der Waals surface area contributed by atoms with Crippen LogP contribution in [0.25, 0.3) is 0 Å². The van der Waals surface area contributed by atoms with Crippen LogP contribution in [0.15, 0.2) is 36.0 Å². The maximum Gasteiger partial charge on any atom is 0.410 e. The summed E-state index contributed by atoms with van der Waals surface area (Å²) >= 11 is 0. The van der Waals surface area contributed by atoms with Gasteiger partial charge in [-0.1, -0.05) is 52.0 Å². The number of cyclic esters (lactones) is 1. The lowest BCUT2D eigenvalue weighted by molar-refractivity contribution is -0.151. The normalized spacial score (nSPS) is 33.9. The summed E-state index contributed by atoms with van der Waals surface area (Å²) in [5, 5.41) is 43.3. The van der Waals surface area contributed by atoms with Gasteiger partial charge in [-0.25, -0.2) is 4.79 Å². The fourth-order valence-corrected chi connectivity index (χ4v) is 6.68. The molecule has 48 heavy (non-hydrogen) atoms. The van der Waals surface area contributed by atoms with Crippen LogP contribution in [0.5, 0.6) is 0 Å². The van der Waals surface area contributed by atoms with Crippen molar-refractivity contribution in [2.24, 2.45) is 11.8 Å². The van der Waals surface area contributed by atoms with Gasteiger partial charge in [0.2, 0.25) is 0 Å². The van der Waals surface area contributed by atoms with E-state index < -0.39 is 47.7 Å². The Kier molecular flexibility index (Phi) is 15.1. The number of hydrogen-bond acceptors (Lipinski definition) is 10. The fraction of sp³-hybridized carbons (Fsp3) is 0.784. The third kappa shape index (κ3) is 12.2. The van der Waals surface area contributed by atoms with Crippen molar-refractivity contribution >= 4 is 12.1 Å². The van der Waals surface area contributed by atoms with Gasteiger partial charge in [0.25, 0.3) is 0 Å². The standard InChI is InChI=1S/C37H62N2O9/c1-8-18-38-19-11-20-39(22-21-38)35(43)47-31-14-13-26(4)33(48-32(42)23-28(40)15-17-37(31,7)45)25(3)12-10-16-36(6,44)24-30-34(46-30)27(5)29(41)9-2/h10,12-14,16,26-31,33-34,40-41,44-45H,8-9,11,15,17-24H2,1-7H3. The van der Waals surface area contributed by atoms with E-state index in [1.165, 1.54) is 0 Å². The second-order valence-corrected chi connectivity index (χ2v) is 14.7. The monoisotopic (exact) mass is 678 g/mol. The number of nitrogens with zero attached hydrogens (tertiary/aromatic N) is 2. The van der Waals surface area contributed by atoms with E-state index in [2.05, 4.69) is 11.8 Å².